The van der Waals surface area contributed by atoms with Gasteiger partial charge in [-0.05, 0) is 75.1 Å². The Morgan fingerprint density at radius 1 is 1.06 bits per heavy atom. The molecule has 0 spiro atoms. The van der Waals surface area contributed by atoms with E-state index in [-0.39, 0.29) is 24.5 Å². The summed E-state index contributed by atoms with van der Waals surface area (Å²) in [4.78, 5) is 27.4. The van der Waals surface area contributed by atoms with Gasteiger partial charge in [-0.2, -0.15) is 0 Å². The van der Waals surface area contributed by atoms with Gasteiger partial charge in [-0.1, -0.05) is 50.9 Å². The molecule has 0 aromatic heterocycles. The smallest absolute Gasteiger partial charge is 0.261 e. The zero-order valence-electron chi connectivity index (χ0n) is 18.7. The van der Waals surface area contributed by atoms with Crippen molar-refractivity contribution < 1.29 is 14.3 Å². The fourth-order valence-corrected chi connectivity index (χ4v) is 3.55. The molecule has 0 aliphatic rings. The fraction of sp³-hybridized carbons (Fsp3) is 0.417. The lowest BCUT2D eigenvalue weighted by molar-refractivity contribution is -0.142. The van der Waals surface area contributed by atoms with Crippen molar-refractivity contribution in [3.05, 3.63) is 62.0 Å². The molecular weight excluding hydrogens is 524 g/mol. The third kappa shape index (κ3) is 7.35. The molecule has 0 fully saturated rings. The molecule has 7 heteroatoms. The molecule has 2 aromatic carbocycles. The first kappa shape index (κ1) is 25.4. The molecule has 31 heavy (non-hydrogen) atoms. The summed E-state index contributed by atoms with van der Waals surface area (Å²) in [6.07, 6.45) is 0.824. The number of nitrogens with one attached hydrogen (secondary N) is 1. The van der Waals surface area contributed by atoms with E-state index in [4.69, 9.17) is 4.74 Å². The van der Waals surface area contributed by atoms with E-state index >= 15 is 0 Å². The molecule has 0 unspecified atom stereocenters. The minimum atomic E-state index is -0.623. The highest BCUT2D eigenvalue weighted by Gasteiger charge is 2.27. The largest absolute Gasteiger partial charge is 0.484 e. The van der Waals surface area contributed by atoms with Crippen LogP contribution in [0.3, 0.4) is 0 Å². The number of hydrogen-bond acceptors (Lipinski definition) is 3. The van der Waals surface area contributed by atoms with Crippen LogP contribution in [0.1, 0.15) is 43.9 Å². The lowest BCUT2D eigenvalue weighted by atomic mass is 10.1. The second-order valence-corrected chi connectivity index (χ2v) is 9.51. The maximum atomic E-state index is 13.1. The molecule has 0 aliphatic carbocycles. The molecule has 0 saturated carbocycles. The van der Waals surface area contributed by atoms with E-state index in [1.54, 1.807) is 11.8 Å². The molecule has 2 amide bonds. The van der Waals surface area contributed by atoms with Crippen LogP contribution < -0.4 is 10.1 Å². The van der Waals surface area contributed by atoms with Gasteiger partial charge in [0.15, 0.2) is 6.61 Å². The fourth-order valence-electron chi connectivity index (χ4n) is 3.05. The molecule has 5 nitrogen and oxygen atoms in total. The molecule has 0 saturated heterocycles. The molecular formula is C24H30Br2N2O3. The van der Waals surface area contributed by atoms with E-state index in [0.29, 0.717) is 12.3 Å². The Hall–Kier alpha value is -1.86. The van der Waals surface area contributed by atoms with Crippen LogP contribution in [0.2, 0.25) is 0 Å². The lowest BCUT2D eigenvalue weighted by Gasteiger charge is -2.29. The van der Waals surface area contributed by atoms with E-state index in [1.807, 2.05) is 64.1 Å². The van der Waals surface area contributed by atoms with Crippen LogP contribution in [0.5, 0.6) is 5.75 Å². The minimum Gasteiger partial charge on any atom is -0.484 e. The van der Waals surface area contributed by atoms with Crippen LogP contribution >= 0.6 is 31.9 Å². The van der Waals surface area contributed by atoms with Gasteiger partial charge in [-0.25, -0.2) is 0 Å². The van der Waals surface area contributed by atoms with Crippen molar-refractivity contribution >= 4 is 43.7 Å². The van der Waals surface area contributed by atoms with Gasteiger partial charge in [0, 0.05) is 21.5 Å². The molecule has 0 bridgehead atoms. The van der Waals surface area contributed by atoms with Crippen LogP contribution in [0.25, 0.3) is 0 Å². The minimum absolute atomic E-state index is 0.0459. The molecule has 168 valence electrons. The first-order chi connectivity index (χ1) is 14.6. The Bertz CT molecular complexity index is 893. The summed E-state index contributed by atoms with van der Waals surface area (Å²) in [5, 5.41) is 2.97. The summed E-state index contributed by atoms with van der Waals surface area (Å²) >= 11 is 6.97. The van der Waals surface area contributed by atoms with Gasteiger partial charge in [0.2, 0.25) is 5.91 Å². The highest BCUT2D eigenvalue weighted by molar-refractivity contribution is 9.10. The number of amides is 2. The Kier molecular flexibility index (Phi) is 9.56. The van der Waals surface area contributed by atoms with Crippen LogP contribution in [-0.2, 0) is 16.1 Å². The summed E-state index contributed by atoms with van der Waals surface area (Å²) in [7, 11) is 0. The van der Waals surface area contributed by atoms with Crippen molar-refractivity contribution in [1.82, 2.24) is 10.2 Å². The molecule has 2 rings (SSSR count). The topological polar surface area (TPSA) is 58.6 Å². The van der Waals surface area contributed by atoms with Gasteiger partial charge in [0.25, 0.3) is 5.91 Å². The van der Waals surface area contributed by atoms with Crippen LogP contribution in [0.4, 0.5) is 0 Å². The second kappa shape index (κ2) is 11.7. The number of aryl methyl sites for hydroxylation is 2. The summed E-state index contributed by atoms with van der Waals surface area (Å²) in [6.45, 7) is 9.85. The van der Waals surface area contributed by atoms with E-state index in [9.17, 15) is 9.59 Å². The summed E-state index contributed by atoms with van der Waals surface area (Å²) in [6, 6.07) is 10.9. The van der Waals surface area contributed by atoms with Crippen molar-refractivity contribution in [1.29, 1.82) is 0 Å². The average Bonchev–Trinajstić information content (AvgIpc) is 2.74. The third-order valence-corrected chi connectivity index (χ3v) is 6.99. The Morgan fingerprint density at radius 3 is 2.19 bits per heavy atom. The maximum absolute atomic E-state index is 13.1. The lowest BCUT2D eigenvalue weighted by Crippen LogP contribution is -2.50. The standard InChI is InChI=1S/C24H30Br2N2O3/c1-6-17(4)27-24(30)18(5)28(13-19-7-9-20(25)10-8-19)22(29)14-31-21-11-15(2)23(26)16(3)12-21/h7-12,17-18H,6,13-14H2,1-5H3,(H,27,30)/t17-,18-/m0/s1. The summed E-state index contributed by atoms with van der Waals surface area (Å²) < 4.78 is 7.79. The number of hydrogen-bond donors (Lipinski definition) is 1. The van der Waals surface area contributed by atoms with Crippen molar-refractivity contribution in [2.75, 3.05) is 6.61 Å². The number of nitrogens with zero attached hydrogens (tertiary/aromatic N) is 1. The zero-order valence-corrected chi connectivity index (χ0v) is 21.8. The van der Waals surface area contributed by atoms with Crippen molar-refractivity contribution in [3.8, 4) is 5.75 Å². The van der Waals surface area contributed by atoms with Gasteiger partial charge >= 0.3 is 0 Å². The molecule has 2 atom stereocenters. The van der Waals surface area contributed by atoms with Gasteiger partial charge in [0.1, 0.15) is 11.8 Å². The highest BCUT2D eigenvalue weighted by atomic mass is 79.9. The predicted molar refractivity (Wildman–Crippen MR) is 131 cm³/mol. The summed E-state index contributed by atoms with van der Waals surface area (Å²) in [5.41, 5.74) is 3.01. The van der Waals surface area contributed by atoms with E-state index < -0.39 is 6.04 Å². The first-order valence-electron chi connectivity index (χ1n) is 10.4. The van der Waals surface area contributed by atoms with Crippen LogP contribution in [-0.4, -0.2) is 35.4 Å². The molecule has 0 aliphatic heterocycles. The van der Waals surface area contributed by atoms with E-state index in [2.05, 4.69) is 37.2 Å². The predicted octanol–water partition coefficient (Wildman–Crippen LogP) is 5.54. The number of carbonyl (C=O) groups excluding carboxylic acids is 2. The number of carbonyl (C=O) groups is 2. The Balaban J connectivity index is 2.18. The van der Waals surface area contributed by atoms with Crippen LogP contribution in [0, 0.1) is 13.8 Å². The van der Waals surface area contributed by atoms with E-state index in [0.717, 1.165) is 32.1 Å². The molecule has 0 radical (unpaired) electrons. The third-order valence-electron chi connectivity index (χ3n) is 5.21. The number of halogens is 2. The highest BCUT2D eigenvalue weighted by Crippen LogP contribution is 2.26. The zero-order chi connectivity index (χ0) is 23.1. The summed E-state index contributed by atoms with van der Waals surface area (Å²) in [5.74, 6) is 0.218. The monoisotopic (exact) mass is 552 g/mol. The Morgan fingerprint density at radius 2 is 1.65 bits per heavy atom. The number of ether oxygens (including phenoxy) is 1. The second-order valence-electron chi connectivity index (χ2n) is 7.80. The SMILES string of the molecule is CC[C@H](C)NC(=O)[C@H](C)N(Cc1ccc(Br)cc1)C(=O)COc1cc(C)c(Br)c(C)c1. The first-order valence-corrected chi connectivity index (χ1v) is 11.9. The maximum Gasteiger partial charge on any atom is 0.261 e. The van der Waals surface area contributed by atoms with Crippen LogP contribution in [0.15, 0.2) is 45.3 Å². The quantitative estimate of drug-likeness (QED) is 0.443. The van der Waals surface area contributed by atoms with Gasteiger partial charge in [0.05, 0.1) is 0 Å². The average molecular weight is 554 g/mol. The van der Waals surface area contributed by atoms with Gasteiger partial charge < -0.3 is 15.0 Å². The normalized spacial score (nSPS) is 12.7. The van der Waals surface area contributed by atoms with Crippen molar-refractivity contribution in [2.24, 2.45) is 0 Å². The molecule has 0 heterocycles. The van der Waals surface area contributed by atoms with Crippen molar-refractivity contribution in [2.45, 2.75) is 59.7 Å². The molecule has 2 aromatic rings. The molecule has 1 N–H and O–H groups in total. The van der Waals surface area contributed by atoms with Crippen molar-refractivity contribution in [3.63, 3.8) is 0 Å². The Labute approximate surface area is 201 Å². The van der Waals surface area contributed by atoms with E-state index in [1.165, 1.54) is 0 Å². The number of rotatable bonds is 9. The number of benzene rings is 2. The van der Waals surface area contributed by atoms with Gasteiger partial charge in [-0.15, -0.1) is 0 Å². The van der Waals surface area contributed by atoms with Gasteiger partial charge in [-0.3, -0.25) is 9.59 Å².